The highest BCUT2D eigenvalue weighted by Gasteiger charge is 2.29. The summed E-state index contributed by atoms with van der Waals surface area (Å²) in [6.45, 7) is 0. The number of nitrogens with zero attached hydrogens (tertiary/aromatic N) is 1. The number of rotatable bonds is 3. The molecule has 2 atom stereocenters. The highest BCUT2D eigenvalue weighted by Crippen LogP contribution is 2.24. The summed E-state index contributed by atoms with van der Waals surface area (Å²) in [7, 11) is 0. The molecule has 1 amide bonds. The first-order chi connectivity index (χ1) is 9.91. The Kier molecular flexibility index (Phi) is 4.46. The van der Waals surface area contributed by atoms with Crippen LogP contribution in [-0.4, -0.2) is 22.9 Å². The second-order valence-corrected chi connectivity index (χ2v) is 5.04. The standard InChI is InChI=1S/C13H15F2N3O3/c14-7-5-6-10(18(20)21)12(15)11(7)13(19)17-9-4-2-1-3-8(9)16/h5-6,8-9H,1-4,16H2,(H,17,19)/t8-,9-/m1/s1. The van der Waals surface area contributed by atoms with E-state index in [9.17, 15) is 23.7 Å². The van der Waals surface area contributed by atoms with E-state index in [0.29, 0.717) is 25.0 Å². The number of carbonyl (C=O) groups excluding carboxylic acids is 1. The Labute approximate surface area is 119 Å². The van der Waals surface area contributed by atoms with Gasteiger partial charge in [0, 0.05) is 18.2 Å². The van der Waals surface area contributed by atoms with Gasteiger partial charge in [-0.3, -0.25) is 14.9 Å². The number of hydrogen-bond donors (Lipinski definition) is 2. The Balaban J connectivity index is 2.26. The van der Waals surface area contributed by atoms with Crippen molar-refractivity contribution in [3.63, 3.8) is 0 Å². The minimum Gasteiger partial charge on any atom is -0.348 e. The van der Waals surface area contributed by atoms with Crippen LogP contribution in [0.3, 0.4) is 0 Å². The monoisotopic (exact) mass is 299 g/mol. The van der Waals surface area contributed by atoms with Crippen LogP contribution in [0.15, 0.2) is 12.1 Å². The van der Waals surface area contributed by atoms with Crippen LogP contribution in [-0.2, 0) is 0 Å². The summed E-state index contributed by atoms with van der Waals surface area (Å²) in [5.74, 6) is -3.63. The van der Waals surface area contributed by atoms with Crippen molar-refractivity contribution in [3.8, 4) is 0 Å². The third-order valence-electron chi connectivity index (χ3n) is 3.63. The lowest BCUT2D eigenvalue weighted by molar-refractivity contribution is -0.387. The lowest BCUT2D eigenvalue weighted by Crippen LogP contribution is -2.49. The van der Waals surface area contributed by atoms with Crippen LogP contribution in [0.25, 0.3) is 0 Å². The van der Waals surface area contributed by atoms with Crippen molar-refractivity contribution < 1.29 is 18.5 Å². The quantitative estimate of drug-likeness (QED) is 0.657. The van der Waals surface area contributed by atoms with Crippen molar-refractivity contribution in [1.29, 1.82) is 0 Å². The molecule has 1 aromatic rings. The molecule has 0 bridgehead atoms. The van der Waals surface area contributed by atoms with E-state index in [0.717, 1.165) is 12.8 Å². The maximum Gasteiger partial charge on any atom is 0.305 e. The molecule has 3 N–H and O–H groups in total. The molecule has 0 aliphatic heterocycles. The summed E-state index contributed by atoms with van der Waals surface area (Å²) in [4.78, 5) is 21.6. The van der Waals surface area contributed by atoms with Gasteiger partial charge in [0.1, 0.15) is 11.4 Å². The van der Waals surface area contributed by atoms with E-state index in [1.807, 2.05) is 0 Å². The molecule has 1 aromatic carbocycles. The molecule has 0 unspecified atom stereocenters. The van der Waals surface area contributed by atoms with Crippen molar-refractivity contribution in [2.24, 2.45) is 5.73 Å². The average molecular weight is 299 g/mol. The molecule has 114 valence electrons. The van der Waals surface area contributed by atoms with E-state index in [2.05, 4.69) is 5.32 Å². The smallest absolute Gasteiger partial charge is 0.305 e. The number of benzene rings is 1. The number of nitro benzene ring substituents is 1. The third kappa shape index (κ3) is 3.15. The molecule has 1 aliphatic carbocycles. The predicted molar refractivity (Wildman–Crippen MR) is 70.7 cm³/mol. The lowest BCUT2D eigenvalue weighted by atomic mass is 9.91. The van der Waals surface area contributed by atoms with E-state index >= 15 is 0 Å². The Morgan fingerprint density at radius 1 is 1.33 bits per heavy atom. The molecule has 0 heterocycles. The fraction of sp³-hybridized carbons (Fsp3) is 0.462. The van der Waals surface area contributed by atoms with Crippen molar-refractivity contribution in [3.05, 3.63) is 39.4 Å². The molecule has 1 aliphatic rings. The molecule has 0 aromatic heterocycles. The van der Waals surface area contributed by atoms with Gasteiger partial charge < -0.3 is 11.1 Å². The van der Waals surface area contributed by atoms with Crippen LogP contribution in [0, 0.1) is 21.7 Å². The highest BCUT2D eigenvalue weighted by atomic mass is 19.1. The van der Waals surface area contributed by atoms with Crippen LogP contribution < -0.4 is 11.1 Å². The fourth-order valence-corrected chi connectivity index (χ4v) is 2.47. The summed E-state index contributed by atoms with van der Waals surface area (Å²) >= 11 is 0. The van der Waals surface area contributed by atoms with E-state index in [-0.39, 0.29) is 12.1 Å². The second kappa shape index (κ2) is 6.13. The zero-order valence-corrected chi connectivity index (χ0v) is 11.1. The van der Waals surface area contributed by atoms with Gasteiger partial charge in [0.05, 0.1) is 4.92 Å². The molecule has 6 nitrogen and oxygen atoms in total. The first-order valence-electron chi connectivity index (χ1n) is 6.60. The average Bonchev–Trinajstić information content (AvgIpc) is 2.41. The molecule has 1 saturated carbocycles. The highest BCUT2D eigenvalue weighted by molar-refractivity contribution is 5.95. The summed E-state index contributed by atoms with van der Waals surface area (Å²) in [6, 6.07) is 0.724. The van der Waals surface area contributed by atoms with E-state index in [1.54, 1.807) is 0 Å². The molecule has 0 saturated heterocycles. The number of nitrogens with two attached hydrogens (primary N) is 1. The van der Waals surface area contributed by atoms with Gasteiger partial charge in [-0.1, -0.05) is 12.8 Å². The Hall–Kier alpha value is -2.09. The Morgan fingerprint density at radius 2 is 2.00 bits per heavy atom. The van der Waals surface area contributed by atoms with Crippen LogP contribution in [0.2, 0.25) is 0 Å². The van der Waals surface area contributed by atoms with Crippen LogP contribution in [0.4, 0.5) is 14.5 Å². The maximum absolute atomic E-state index is 13.9. The molecule has 1 fully saturated rings. The largest absolute Gasteiger partial charge is 0.348 e. The number of carbonyl (C=O) groups is 1. The van der Waals surface area contributed by atoms with Gasteiger partial charge in [-0.05, 0) is 18.9 Å². The van der Waals surface area contributed by atoms with E-state index in [1.165, 1.54) is 0 Å². The number of halogens is 2. The summed E-state index contributed by atoms with van der Waals surface area (Å²) < 4.78 is 27.6. The molecule has 21 heavy (non-hydrogen) atoms. The summed E-state index contributed by atoms with van der Waals surface area (Å²) in [5.41, 5.74) is 3.97. The van der Waals surface area contributed by atoms with Crippen LogP contribution in [0.1, 0.15) is 36.0 Å². The first-order valence-corrected chi connectivity index (χ1v) is 6.60. The Morgan fingerprint density at radius 3 is 2.62 bits per heavy atom. The number of nitro groups is 1. The zero-order valence-electron chi connectivity index (χ0n) is 11.1. The normalized spacial score (nSPS) is 21.9. The third-order valence-corrected chi connectivity index (χ3v) is 3.63. The Bertz CT molecular complexity index is 580. The second-order valence-electron chi connectivity index (χ2n) is 5.04. The van der Waals surface area contributed by atoms with Crippen molar-refractivity contribution in [1.82, 2.24) is 5.32 Å². The topological polar surface area (TPSA) is 98.3 Å². The minimum absolute atomic E-state index is 0.285. The van der Waals surface area contributed by atoms with Crippen LogP contribution >= 0.6 is 0 Å². The number of amides is 1. The van der Waals surface area contributed by atoms with Crippen molar-refractivity contribution >= 4 is 11.6 Å². The van der Waals surface area contributed by atoms with Gasteiger partial charge >= 0.3 is 5.69 Å². The molecule has 0 radical (unpaired) electrons. The van der Waals surface area contributed by atoms with Crippen molar-refractivity contribution in [2.75, 3.05) is 0 Å². The number of nitrogens with one attached hydrogen (secondary N) is 1. The predicted octanol–water partition coefficient (Wildman–Crippen LogP) is 1.87. The minimum atomic E-state index is -1.47. The van der Waals surface area contributed by atoms with Gasteiger partial charge in [0.25, 0.3) is 5.91 Å². The van der Waals surface area contributed by atoms with Crippen molar-refractivity contribution in [2.45, 2.75) is 37.8 Å². The SMILES string of the molecule is N[C@@H]1CCCC[C@H]1NC(=O)c1c(F)ccc([N+](=O)[O-])c1F. The fourth-order valence-electron chi connectivity index (χ4n) is 2.47. The van der Waals surface area contributed by atoms with Gasteiger partial charge in [0.15, 0.2) is 0 Å². The molecule has 2 rings (SSSR count). The zero-order chi connectivity index (χ0) is 15.6. The number of hydrogen-bond acceptors (Lipinski definition) is 4. The molecule has 8 heteroatoms. The lowest BCUT2D eigenvalue weighted by Gasteiger charge is -2.29. The van der Waals surface area contributed by atoms with E-state index in [4.69, 9.17) is 5.73 Å². The molecular formula is C13H15F2N3O3. The summed E-state index contributed by atoms with van der Waals surface area (Å²) in [5, 5.41) is 13.1. The van der Waals surface area contributed by atoms with Gasteiger partial charge in [-0.15, -0.1) is 0 Å². The van der Waals surface area contributed by atoms with E-state index < -0.39 is 33.7 Å². The molecule has 0 spiro atoms. The van der Waals surface area contributed by atoms with Gasteiger partial charge in [-0.25, -0.2) is 4.39 Å². The van der Waals surface area contributed by atoms with Gasteiger partial charge in [-0.2, -0.15) is 4.39 Å². The first kappa shape index (κ1) is 15.3. The van der Waals surface area contributed by atoms with Crippen LogP contribution in [0.5, 0.6) is 0 Å². The molecular weight excluding hydrogens is 284 g/mol. The van der Waals surface area contributed by atoms with Gasteiger partial charge in [0.2, 0.25) is 5.82 Å². The summed E-state index contributed by atoms with van der Waals surface area (Å²) in [6.07, 6.45) is 3.13. The maximum atomic E-state index is 13.9.